The van der Waals surface area contributed by atoms with E-state index >= 15 is 13.2 Å². The Bertz CT molecular complexity index is 5170. The number of aromatic nitrogens is 12. The lowest BCUT2D eigenvalue weighted by molar-refractivity contribution is -0.150. The summed E-state index contributed by atoms with van der Waals surface area (Å²) < 4.78 is 139. The number of nitrogen functional groups attached to an aromatic ring is 3. The number of carbonyl (C=O) groups is 3. The van der Waals surface area contributed by atoms with Crippen LogP contribution in [0.1, 0.15) is 109 Å². The number of benzene rings is 3. The van der Waals surface area contributed by atoms with Gasteiger partial charge in [-0.05, 0) is 150 Å². The molecule has 18 atom stereocenters. The highest BCUT2D eigenvalue weighted by Crippen LogP contribution is 2.52. The summed E-state index contributed by atoms with van der Waals surface area (Å²) in [6.07, 6.45) is -8.75. The van der Waals surface area contributed by atoms with Crippen LogP contribution in [-0.2, 0) is 84.6 Å². The summed E-state index contributed by atoms with van der Waals surface area (Å²) in [4.78, 5) is 84.3. The lowest BCUT2D eigenvalue weighted by atomic mass is 9.98. The minimum Gasteiger partial charge on any atom is -0.476 e. The maximum Gasteiger partial charge on any atom is 0.459 e. The first-order valence-electron chi connectivity index (χ1n) is 36.8. The van der Waals surface area contributed by atoms with Crippen molar-refractivity contribution in [3.05, 3.63) is 127 Å². The molecule has 3 aliphatic heterocycles. The molecule has 0 amide bonds. The Morgan fingerprint density at radius 2 is 0.907 bits per heavy atom. The quantitative estimate of drug-likeness (QED) is 0.0111. The van der Waals surface area contributed by atoms with E-state index in [1.807, 2.05) is 0 Å². The third kappa shape index (κ3) is 21.9. The molecule has 6 aromatic heterocycles. The fourth-order valence-electron chi connectivity index (χ4n) is 12.0. The number of para-hydroxylation sites is 3. The number of aromatic amines is 1. The summed E-state index contributed by atoms with van der Waals surface area (Å²) in [7, 11) is -4.29. The normalized spacial score (nSPS) is 25.3. The zero-order chi connectivity index (χ0) is 86.1. The van der Waals surface area contributed by atoms with Crippen LogP contribution in [0.25, 0.3) is 33.5 Å². The summed E-state index contributed by atoms with van der Waals surface area (Å²) in [6.45, 7) is 12.1. The Morgan fingerprint density at radius 1 is 0.534 bits per heavy atom. The third-order valence-corrected chi connectivity index (χ3v) is 24.3. The molecule has 3 fully saturated rings. The number of carbonyl (C=O) groups excluding carboxylic acids is 3. The summed E-state index contributed by atoms with van der Waals surface area (Å²) in [5, 5.41) is 40.9. The molecule has 39 nitrogen and oxygen atoms in total. The highest BCUT2D eigenvalue weighted by atomic mass is 32.5. The Balaban J connectivity index is 0.000000187. The van der Waals surface area contributed by atoms with Gasteiger partial charge in [-0.3, -0.25) is 42.4 Å². The maximum atomic E-state index is 16.0. The topological polar surface area (TPSA) is 514 Å². The molecule has 3 aliphatic rings. The minimum atomic E-state index is -4.29. The average Bonchev–Trinajstić information content (AvgIpc) is 1.61. The SMILES string of the molecule is CC(C)OC(=O)[C@@H](C)N[P@](=S)(OC[C@H]1O[C@@H](n2cnc3c(=O)[nH]c(N)nc32)[C@](C)(F)[C@@H]1O)Oc1ccccc1.CC(C)OC(=O)[C@@H](C)N[P@](=S)(OC[C@H]1O[C@@H](n2cnc3cnc(N)nc32)[C@](C)(F)[C@@H]1O)Oc1ccccc1.CCOc1nc(N)nc2c1ncn2[C@@H]1O[C@H](CO[P@@](=O)(N[C@H](C)C(=O)OC(C)C)Oc2ccccc2)[C@@H](O)[C@@]1(C)F. The van der Waals surface area contributed by atoms with E-state index in [0.717, 1.165) is 13.8 Å². The van der Waals surface area contributed by atoms with Crippen LogP contribution in [0.3, 0.4) is 0 Å². The van der Waals surface area contributed by atoms with Crippen molar-refractivity contribution in [2.24, 2.45) is 0 Å². The standard InChI is InChI=1S/C25H34FN6O8P.C23H30FN6O7PS.C23H30FN6O6PS/c1-6-36-21-18-20(29-24(27)30-21)32(13-28-18)23-25(5,26)19(33)17(39-23)12-37-41(35,40-16-10-8-7-9-11-16)31-15(4)22(34)38-14(2)3;1-12(2)35-20(33)13(3)29-38(39,37-14-8-6-5-7-9-14)34-10-15-17(31)23(4,24)21(36-15)30-11-26-16-18(30)27-22(25)28-19(16)32;1-13(2)34-20(32)14(3)29-37(38,36-15-8-6-5-7-9-15)33-11-17-18(31)23(4,24)21(35-17)30-12-27-16-10-26-22(25)28-19(16)30/h7-11,13-15,17,19,23,33H,6,12H2,1-5H3,(H,31,35)(H2,27,29,30);5-9,11-13,15,17,21,31H,10H2,1-4H3,(H,29,39)(H3,25,27,28,32);5-10,12-14,17-18,21,31H,11H2,1-4H3,(H,29,38)(H2,25,26,28)/t15-,17-,19-,23-,25-,41+;13-,15-,17-,21-,23-,38+;14-,17-,18-,21-,23-,37+/m111/s1. The molecule has 118 heavy (non-hydrogen) atoms. The van der Waals surface area contributed by atoms with Crippen LogP contribution in [0.15, 0.2) is 121 Å². The first-order valence-corrected chi connectivity index (χ1v) is 43.7. The van der Waals surface area contributed by atoms with Crippen LogP contribution >= 0.6 is 21.0 Å². The average molecular weight is 1750 g/mol. The van der Waals surface area contributed by atoms with Gasteiger partial charge < -0.3 is 88.3 Å². The summed E-state index contributed by atoms with van der Waals surface area (Å²) >= 11 is 11.3. The van der Waals surface area contributed by atoms with E-state index in [2.05, 4.69) is 60.1 Å². The number of imidazole rings is 3. The van der Waals surface area contributed by atoms with E-state index in [-0.39, 0.29) is 82.9 Å². The lowest BCUT2D eigenvalue weighted by Gasteiger charge is -2.28. The molecule has 13 N–H and O–H groups in total. The van der Waals surface area contributed by atoms with E-state index in [0.29, 0.717) is 17.0 Å². The number of ether oxygens (including phenoxy) is 7. The van der Waals surface area contributed by atoms with Crippen molar-refractivity contribution in [3.63, 3.8) is 0 Å². The molecular weight excluding hydrogens is 1650 g/mol. The molecule has 0 aliphatic carbocycles. The molecule has 12 rings (SSSR count). The van der Waals surface area contributed by atoms with Crippen molar-refractivity contribution in [1.82, 2.24) is 73.8 Å². The highest BCUT2D eigenvalue weighted by Gasteiger charge is 2.59. The molecule has 47 heteroatoms. The van der Waals surface area contributed by atoms with Crippen molar-refractivity contribution in [2.45, 2.75) is 199 Å². The number of esters is 3. The molecule has 9 aromatic rings. The Kier molecular flexibility index (Phi) is 29.5. The van der Waals surface area contributed by atoms with Crippen LogP contribution in [0.4, 0.5) is 31.0 Å². The fraction of sp³-hybridized carbons (Fsp3) is 0.493. The van der Waals surface area contributed by atoms with Crippen LogP contribution in [0.2, 0.25) is 0 Å². The summed E-state index contributed by atoms with van der Waals surface area (Å²) in [5.74, 6) is -1.07. The van der Waals surface area contributed by atoms with Crippen LogP contribution in [-0.4, -0.2) is 208 Å². The van der Waals surface area contributed by atoms with Crippen molar-refractivity contribution < 1.29 is 108 Å². The van der Waals surface area contributed by atoms with Crippen LogP contribution in [0.5, 0.6) is 23.1 Å². The number of fused-ring (bicyclic) bond motifs is 3. The van der Waals surface area contributed by atoms with E-state index in [1.165, 1.54) is 52.7 Å². The van der Waals surface area contributed by atoms with Gasteiger partial charge in [0.2, 0.25) is 23.7 Å². The molecule has 3 aromatic carbocycles. The van der Waals surface area contributed by atoms with Gasteiger partial charge in [0.25, 0.3) is 5.56 Å². The number of aliphatic hydroxyl groups excluding tert-OH is 3. The second-order valence-electron chi connectivity index (χ2n) is 28.5. The smallest absolute Gasteiger partial charge is 0.459 e. The van der Waals surface area contributed by atoms with Crippen molar-refractivity contribution in [1.29, 1.82) is 0 Å². The van der Waals surface area contributed by atoms with Gasteiger partial charge in [0.15, 0.2) is 63.7 Å². The molecule has 0 unspecified atom stereocenters. The van der Waals surface area contributed by atoms with Crippen molar-refractivity contribution >= 4 is 114 Å². The first kappa shape index (κ1) is 91.3. The predicted octanol–water partition coefficient (Wildman–Crippen LogP) is 7.51. The first-order chi connectivity index (χ1) is 55.5. The number of nitrogens with two attached hydrogens (primary N) is 3. The lowest BCUT2D eigenvalue weighted by Crippen LogP contribution is -2.41. The number of rotatable bonds is 32. The van der Waals surface area contributed by atoms with E-state index in [9.17, 15) is 39.1 Å². The molecular formula is C71H94F3N18O21P3S2. The monoisotopic (exact) mass is 1750 g/mol. The van der Waals surface area contributed by atoms with Gasteiger partial charge in [-0.2, -0.15) is 25.0 Å². The van der Waals surface area contributed by atoms with Crippen molar-refractivity contribution in [3.8, 4) is 23.1 Å². The Morgan fingerprint density at radius 3 is 1.33 bits per heavy atom. The van der Waals surface area contributed by atoms with Crippen LogP contribution < -0.4 is 56.3 Å². The molecule has 0 spiro atoms. The third-order valence-electron chi connectivity index (χ3n) is 17.7. The molecule has 0 bridgehead atoms. The number of aliphatic hydroxyl groups is 3. The number of halogens is 3. The number of H-pyrrole nitrogens is 1. The van der Waals surface area contributed by atoms with Gasteiger partial charge in [-0.1, -0.05) is 54.6 Å². The van der Waals surface area contributed by atoms with Crippen molar-refractivity contribution in [2.75, 3.05) is 43.6 Å². The number of nitrogens with zero attached hydrogens (tertiary/aromatic N) is 11. The Labute approximate surface area is 684 Å². The summed E-state index contributed by atoms with van der Waals surface area (Å²) in [5.41, 5.74) is 10.4. The summed E-state index contributed by atoms with van der Waals surface area (Å²) in [6, 6.07) is 22.5. The number of hydrogen-bond donors (Lipinski definition) is 10. The van der Waals surface area contributed by atoms with E-state index < -0.39 is 154 Å². The second kappa shape index (κ2) is 38.1. The van der Waals surface area contributed by atoms with E-state index in [4.69, 9.17) is 101 Å². The fourth-order valence-corrected chi connectivity index (χ4v) is 18.3. The van der Waals surface area contributed by atoms with E-state index in [1.54, 1.807) is 153 Å². The highest BCUT2D eigenvalue weighted by molar-refractivity contribution is 8.09. The van der Waals surface area contributed by atoms with Gasteiger partial charge >= 0.3 is 38.9 Å². The molecule has 3 saturated heterocycles. The predicted molar refractivity (Wildman–Crippen MR) is 428 cm³/mol. The maximum absolute atomic E-state index is 16.0. The minimum absolute atomic E-state index is 0.0180. The van der Waals surface area contributed by atoms with Gasteiger partial charge in [0, 0.05) is 0 Å². The largest absolute Gasteiger partial charge is 0.476 e. The Hall–Kier alpha value is -9.04. The number of hydrogen-bond acceptors (Lipinski definition) is 34. The zero-order valence-electron chi connectivity index (χ0n) is 66.1. The second-order valence-corrected chi connectivity index (χ2v) is 36.4. The zero-order valence-corrected chi connectivity index (χ0v) is 70.4. The molecule has 0 saturated carbocycles. The molecule has 9 heterocycles. The van der Waals surface area contributed by atoms with Gasteiger partial charge in [-0.15, -0.1) is 0 Å². The van der Waals surface area contributed by atoms with Crippen LogP contribution in [0, 0.1) is 0 Å². The van der Waals surface area contributed by atoms with Gasteiger partial charge in [-0.25, -0.2) is 47.8 Å². The van der Waals surface area contributed by atoms with Gasteiger partial charge in [0.1, 0.15) is 77.5 Å². The number of alkyl halides is 3. The number of nitrogens with one attached hydrogen (secondary N) is 4. The molecule has 0 radical (unpaired) electrons. The molecule has 642 valence electrons. The van der Waals surface area contributed by atoms with Gasteiger partial charge in [0.05, 0.1) is 69.9 Å². The number of anilines is 3.